The number of anilines is 2. The fourth-order valence-electron chi connectivity index (χ4n) is 3.30. The Balaban J connectivity index is 1.47. The second-order valence-corrected chi connectivity index (χ2v) is 9.79. The van der Waals surface area contributed by atoms with Crippen LogP contribution >= 0.6 is 23.1 Å². The highest BCUT2D eigenvalue weighted by molar-refractivity contribution is 8.00. The highest BCUT2D eigenvalue weighted by Gasteiger charge is 2.18. The molecule has 3 amide bonds. The fourth-order valence-corrected chi connectivity index (χ4v) is 4.54. The quantitative estimate of drug-likeness (QED) is 0.105. The van der Waals surface area contributed by atoms with E-state index in [-0.39, 0.29) is 28.6 Å². The minimum absolute atomic E-state index is 0.156. The molecule has 0 fully saturated rings. The van der Waals surface area contributed by atoms with Gasteiger partial charge in [0.05, 0.1) is 16.2 Å². The van der Waals surface area contributed by atoms with E-state index < -0.39 is 16.7 Å². The van der Waals surface area contributed by atoms with Gasteiger partial charge in [0.1, 0.15) is 5.70 Å². The van der Waals surface area contributed by atoms with Gasteiger partial charge in [-0.2, -0.15) is 0 Å². The van der Waals surface area contributed by atoms with Crippen molar-refractivity contribution in [2.24, 2.45) is 0 Å². The molecule has 0 aliphatic heterocycles. The van der Waals surface area contributed by atoms with Gasteiger partial charge in [0.15, 0.2) is 5.13 Å². The zero-order valence-electron chi connectivity index (χ0n) is 20.2. The van der Waals surface area contributed by atoms with Crippen LogP contribution in [0.3, 0.4) is 0 Å². The molecular weight excluding hydrogens is 538 g/mol. The Hall–Kier alpha value is -4.81. The van der Waals surface area contributed by atoms with Crippen LogP contribution in [-0.2, 0) is 9.59 Å². The van der Waals surface area contributed by atoms with E-state index in [0.29, 0.717) is 16.4 Å². The fraction of sp³-hybridized carbons (Fsp3) is 0.0370. The first-order valence-corrected chi connectivity index (χ1v) is 13.3. The van der Waals surface area contributed by atoms with Crippen molar-refractivity contribution < 1.29 is 19.3 Å². The Morgan fingerprint density at radius 2 is 1.67 bits per heavy atom. The maximum absolute atomic E-state index is 13.2. The number of nitrogens with zero attached hydrogens (tertiary/aromatic N) is 2. The number of hydrogen-bond acceptors (Lipinski definition) is 8. The second kappa shape index (κ2) is 13.1. The summed E-state index contributed by atoms with van der Waals surface area (Å²) in [5.41, 5.74) is 0.523. The van der Waals surface area contributed by atoms with Gasteiger partial charge >= 0.3 is 0 Å². The van der Waals surface area contributed by atoms with Crippen LogP contribution < -0.4 is 16.0 Å². The third kappa shape index (κ3) is 7.84. The number of rotatable bonds is 10. The Morgan fingerprint density at radius 1 is 0.949 bits per heavy atom. The van der Waals surface area contributed by atoms with Crippen molar-refractivity contribution in [3.63, 3.8) is 0 Å². The first kappa shape index (κ1) is 27.2. The predicted molar refractivity (Wildman–Crippen MR) is 152 cm³/mol. The summed E-state index contributed by atoms with van der Waals surface area (Å²) in [7, 11) is 0. The van der Waals surface area contributed by atoms with Crippen LogP contribution in [0.2, 0.25) is 0 Å². The monoisotopic (exact) mass is 559 g/mol. The van der Waals surface area contributed by atoms with Crippen molar-refractivity contribution >= 4 is 63.4 Å². The summed E-state index contributed by atoms with van der Waals surface area (Å²) in [4.78, 5) is 53.8. The Labute approximate surface area is 231 Å². The van der Waals surface area contributed by atoms with Crippen LogP contribution in [-0.4, -0.2) is 33.4 Å². The number of aromatic nitrogens is 1. The van der Waals surface area contributed by atoms with Crippen molar-refractivity contribution in [1.82, 2.24) is 10.3 Å². The van der Waals surface area contributed by atoms with Gasteiger partial charge in [0.2, 0.25) is 5.91 Å². The molecular formula is C27H21N5O5S2. The number of nitrogens with one attached hydrogen (secondary N) is 3. The lowest BCUT2D eigenvalue weighted by atomic mass is 10.1. The number of hydrogen-bond donors (Lipinski definition) is 3. The minimum atomic E-state index is -0.666. The van der Waals surface area contributed by atoms with Crippen molar-refractivity contribution in [3.8, 4) is 0 Å². The molecule has 1 heterocycles. The summed E-state index contributed by atoms with van der Waals surface area (Å²) >= 11 is 2.65. The van der Waals surface area contributed by atoms with Gasteiger partial charge in [-0.25, -0.2) is 4.98 Å². The van der Waals surface area contributed by atoms with Gasteiger partial charge in [0, 0.05) is 33.8 Å². The molecule has 10 nitrogen and oxygen atoms in total. The topological polar surface area (TPSA) is 143 Å². The highest BCUT2D eigenvalue weighted by atomic mass is 32.2. The van der Waals surface area contributed by atoms with Gasteiger partial charge < -0.3 is 16.0 Å². The standard InChI is InChI=1S/C27H21N5O5S2/c33-24(31-27-28-14-15-38-27)17-39-21-12-10-20(11-13-21)29-26(35)22(30-25(34)18-6-2-1-3-7-18)16-19-8-4-5-9-23(19)32(36)37/h1-16H,17H2,(H,29,35)(H,30,34)(H,28,31,33)/b22-16-. The number of para-hydroxylation sites is 1. The lowest BCUT2D eigenvalue weighted by Crippen LogP contribution is -2.30. The molecule has 196 valence electrons. The lowest BCUT2D eigenvalue weighted by molar-refractivity contribution is -0.385. The maximum Gasteiger partial charge on any atom is 0.276 e. The van der Waals surface area contributed by atoms with Crippen LogP contribution in [0.15, 0.2) is 101 Å². The summed E-state index contributed by atoms with van der Waals surface area (Å²) < 4.78 is 0. The molecule has 0 atom stereocenters. The molecule has 12 heteroatoms. The van der Waals surface area contributed by atoms with Crippen molar-refractivity contribution in [3.05, 3.63) is 117 Å². The van der Waals surface area contributed by atoms with E-state index in [2.05, 4.69) is 20.9 Å². The molecule has 3 N–H and O–H groups in total. The zero-order valence-corrected chi connectivity index (χ0v) is 21.8. The van der Waals surface area contributed by atoms with E-state index in [1.54, 1.807) is 72.2 Å². The van der Waals surface area contributed by atoms with Crippen LogP contribution in [0.5, 0.6) is 0 Å². The van der Waals surface area contributed by atoms with Crippen molar-refractivity contribution in [2.75, 3.05) is 16.4 Å². The molecule has 0 aliphatic carbocycles. The summed E-state index contributed by atoms with van der Waals surface area (Å²) in [6.45, 7) is 0. The largest absolute Gasteiger partial charge is 0.321 e. The highest BCUT2D eigenvalue weighted by Crippen LogP contribution is 2.23. The smallest absolute Gasteiger partial charge is 0.276 e. The average Bonchev–Trinajstić information content (AvgIpc) is 3.46. The Kier molecular flexibility index (Phi) is 9.16. The number of thioether (sulfide) groups is 1. The predicted octanol–water partition coefficient (Wildman–Crippen LogP) is 5.19. The lowest BCUT2D eigenvalue weighted by Gasteiger charge is -2.12. The Morgan fingerprint density at radius 3 is 2.36 bits per heavy atom. The number of amides is 3. The van der Waals surface area contributed by atoms with Crippen molar-refractivity contribution in [1.29, 1.82) is 0 Å². The van der Waals surface area contributed by atoms with Crippen LogP contribution in [0.1, 0.15) is 15.9 Å². The third-order valence-corrected chi connectivity index (χ3v) is 6.82. The molecule has 0 aliphatic rings. The summed E-state index contributed by atoms with van der Waals surface area (Å²) in [5.74, 6) is -1.22. The molecule has 0 radical (unpaired) electrons. The number of nitro benzene ring substituents is 1. The number of carbonyl (C=O) groups is 3. The van der Waals surface area contributed by atoms with E-state index in [4.69, 9.17) is 0 Å². The summed E-state index contributed by atoms with van der Waals surface area (Å²) in [5, 5.41) is 21.7. The molecule has 0 spiro atoms. The Bertz CT molecular complexity index is 1510. The molecule has 4 rings (SSSR count). The number of nitro groups is 1. The van der Waals surface area contributed by atoms with E-state index in [1.165, 1.54) is 47.4 Å². The molecule has 0 saturated carbocycles. The molecule has 0 unspecified atom stereocenters. The maximum atomic E-state index is 13.2. The van der Waals surface area contributed by atoms with Crippen LogP contribution in [0.25, 0.3) is 6.08 Å². The minimum Gasteiger partial charge on any atom is -0.321 e. The van der Waals surface area contributed by atoms with E-state index in [1.807, 2.05) is 0 Å². The van der Waals surface area contributed by atoms with Crippen LogP contribution in [0.4, 0.5) is 16.5 Å². The van der Waals surface area contributed by atoms with Gasteiger partial charge in [-0.15, -0.1) is 23.1 Å². The first-order valence-electron chi connectivity index (χ1n) is 11.4. The van der Waals surface area contributed by atoms with E-state index >= 15 is 0 Å². The number of thiazole rings is 1. The second-order valence-electron chi connectivity index (χ2n) is 7.85. The zero-order chi connectivity index (χ0) is 27.6. The number of carbonyl (C=O) groups excluding carboxylic acids is 3. The van der Waals surface area contributed by atoms with E-state index in [0.717, 1.165) is 4.90 Å². The van der Waals surface area contributed by atoms with Gasteiger partial charge in [-0.1, -0.05) is 30.3 Å². The molecule has 3 aromatic carbocycles. The van der Waals surface area contributed by atoms with Crippen molar-refractivity contribution in [2.45, 2.75) is 4.90 Å². The van der Waals surface area contributed by atoms with Gasteiger partial charge in [-0.05, 0) is 48.5 Å². The SMILES string of the molecule is O=C(CSc1ccc(NC(=O)/C(=C/c2ccccc2[N+](=O)[O-])NC(=O)c2ccccc2)cc1)Nc1nccs1. The molecule has 1 aromatic heterocycles. The molecule has 0 bridgehead atoms. The first-order chi connectivity index (χ1) is 18.9. The summed E-state index contributed by atoms with van der Waals surface area (Å²) in [6, 6.07) is 21.0. The average molecular weight is 560 g/mol. The summed E-state index contributed by atoms with van der Waals surface area (Å²) in [6.07, 6.45) is 2.87. The van der Waals surface area contributed by atoms with Crippen LogP contribution in [0, 0.1) is 10.1 Å². The third-order valence-electron chi connectivity index (χ3n) is 5.12. The van der Waals surface area contributed by atoms with Gasteiger partial charge in [0.25, 0.3) is 17.5 Å². The van der Waals surface area contributed by atoms with Gasteiger partial charge in [-0.3, -0.25) is 24.5 Å². The normalized spacial score (nSPS) is 10.9. The number of benzene rings is 3. The molecule has 0 saturated heterocycles. The van der Waals surface area contributed by atoms with E-state index in [9.17, 15) is 24.5 Å². The molecule has 39 heavy (non-hydrogen) atoms. The molecule has 4 aromatic rings.